The molecule has 0 saturated heterocycles. The van der Waals surface area contributed by atoms with E-state index in [4.69, 9.17) is 10.2 Å². The van der Waals surface area contributed by atoms with Gasteiger partial charge in [-0.1, -0.05) is 12.1 Å². The highest BCUT2D eigenvalue weighted by Gasteiger charge is 2.13. The standard InChI is InChI=1S/C13H13N3O/c1-8(14)6-10-13-12(16-7-15-10)9-4-2-3-5-11(9)17-13/h2-5,7-8H,6,14H2,1H3. The fraction of sp³-hybridized carbons (Fsp3) is 0.231. The van der Waals surface area contributed by atoms with Gasteiger partial charge in [0.2, 0.25) is 0 Å². The molecule has 4 nitrogen and oxygen atoms in total. The number of nitrogens with two attached hydrogens (primary N) is 1. The van der Waals surface area contributed by atoms with E-state index in [0.29, 0.717) is 6.42 Å². The highest BCUT2D eigenvalue weighted by molar-refractivity contribution is 6.02. The summed E-state index contributed by atoms with van der Waals surface area (Å²) in [5.41, 5.74) is 9.15. The van der Waals surface area contributed by atoms with Crippen LogP contribution in [-0.4, -0.2) is 16.0 Å². The third kappa shape index (κ3) is 1.66. The van der Waals surface area contributed by atoms with Crippen molar-refractivity contribution in [2.75, 3.05) is 0 Å². The Hall–Kier alpha value is -1.94. The van der Waals surface area contributed by atoms with Crippen LogP contribution in [0.3, 0.4) is 0 Å². The zero-order chi connectivity index (χ0) is 11.8. The molecule has 0 spiro atoms. The summed E-state index contributed by atoms with van der Waals surface area (Å²) in [7, 11) is 0. The van der Waals surface area contributed by atoms with Crippen LogP contribution in [0.2, 0.25) is 0 Å². The highest BCUT2D eigenvalue weighted by Crippen LogP contribution is 2.28. The number of benzene rings is 1. The summed E-state index contributed by atoms with van der Waals surface area (Å²) < 4.78 is 5.80. The van der Waals surface area contributed by atoms with E-state index in [-0.39, 0.29) is 6.04 Å². The van der Waals surface area contributed by atoms with Gasteiger partial charge in [0.05, 0.1) is 5.69 Å². The molecule has 17 heavy (non-hydrogen) atoms. The third-order valence-electron chi connectivity index (χ3n) is 2.75. The van der Waals surface area contributed by atoms with Gasteiger partial charge in [0.15, 0.2) is 5.58 Å². The molecule has 3 rings (SSSR count). The second kappa shape index (κ2) is 3.82. The van der Waals surface area contributed by atoms with Crippen molar-refractivity contribution in [1.29, 1.82) is 0 Å². The SMILES string of the molecule is CC(N)Cc1ncnc2c1oc1ccccc12. The van der Waals surface area contributed by atoms with Crippen molar-refractivity contribution < 1.29 is 4.42 Å². The van der Waals surface area contributed by atoms with Gasteiger partial charge in [-0.2, -0.15) is 0 Å². The number of furan rings is 1. The summed E-state index contributed by atoms with van der Waals surface area (Å²) in [5.74, 6) is 0. The molecule has 0 amide bonds. The molecule has 86 valence electrons. The number of aromatic nitrogens is 2. The zero-order valence-electron chi connectivity index (χ0n) is 9.55. The molecule has 0 aliphatic carbocycles. The van der Waals surface area contributed by atoms with E-state index in [2.05, 4.69) is 9.97 Å². The predicted molar refractivity (Wildman–Crippen MR) is 66.7 cm³/mol. The van der Waals surface area contributed by atoms with Crippen molar-refractivity contribution in [3.8, 4) is 0 Å². The lowest BCUT2D eigenvalue weighted by Crippen LogP contribution is -2.18. The summed E-state index contributed by atoms with van der Waals surface area (Å²) in [6.45, 7) is 1.95. The monoisotopic (exact) mass is 227 g/mol. The minimum atomic E-state index is 0.0568. The average molecular weight is 227 g/mol. The normalized spacial score (nSPS) is 13.3. The second-order valence-electron chi connectivity index (χ2n) is 4.28. The van der Waals surface area contributed by atoms with Gasteiger partial charge < -0.3 is 10.2 Å². The fourth-order valence-electron chi connectivity index (χ4n) is 2.02. The lowest BCUT2D eigenvalue weighted by Gasteiger charge is -2.03. The first-order valence-electron chi connectivity index (χ1n) is 5.62. The van der Waals surface area contributed by atoms with E-state index in [1.807, 2.05) is 31.2 Å². The quantitative estimate of drug-likeness (QED) is 0.729. The van der Waals surface area contributed by atoms with Gasteiger partial charge in [-0.15, -0.1) is 0 Å². The highest BCUT2D eigenvalue weighted by atomic mass is 16.3. The Bertz CT molecular complexity index is 673. The minimum Gasteiger partial charge on any atom is -0.452 e. The molecule has 0 aliphatic rings. The summed E-state index contributed by atoms with van der Waals surface area (Å²) in [6.07, 6.45) is 2.26. The summed E-state index contributed by atoms with van der Waals surface area (Å²) in [5, 5.41) is 1.02. The van der Waals surface area contributed by atoms with Crippen LogP contribution in [0, 0.1) is 0 Å². The Morgan fingerprint density at radius 1 is 1.29 bits per heavy atom. The van der Waals surface area contributed by atoms with Crippen LogP contribution >= 0.6 is 0 Å². The first-order chi connectivity index (χ1) is 8.25. The van der Waals surface area contributed by atoms with E-state index < -0.39 is 0 Å². The molecule has 0 fully saturated rings. The summed E-state index contributed by atoms with van der Waals surface area (Å²) >= 11 is 0. The maximum Gasteiger partial charge on any atom is 0.175 e. The van der Waals surface area contributed by atoms with Crippen molar-refractivity contribution >= 4 is 22.1 Å². The molecule has 1 unspecified atom stereocenters. The Balaban J connectivity index is 2.31. The van der Waals surface area contributed by atoms with E-state index >= 15 is 0 Å². The lowest BCUT2D eigenvalue weighted by molar-refractivity contribution is 0.643. The van der Waals surface area contributed by atoms with E-state index in [1.165, 1.54) is 0 Å². The zero-order valence-corrected chi connectivity index (χ0v) is 9.55. The first-order valence-corrected chi connectivity index (χ1v) is 5.62. The van der Waals surface area contributed by atoms with E-state index in [0.717, 1.165) is 27.8 Å². The van der Waals surface area contributed by atoms with Crippen molar-refractivity contribution in [2.45, 2.75) is 19.4 Å². The summed E-state index contributed by atoms with van der Waals surface area (Å²) in [4.78, 5) is 8.55. The third-order valence-corrected chi connectivity index (χ3v) is 2.75. The molecule has 0 bridgehead atoms. The average Bonchev–Trinajstić information content (AvgIpc) is 2.68. The molecule has 1 aromatic carbocycles. The maximum atomic E-state index is 5.81. The van der Waals surface area contributed by atoms with Gasteiger partial charge in [-0.05, 0) is 19.1 Å². The summed E-state index contributed by atoms with van der Waals surface area (Å²) in [6, 6.07) is 7.92. The predicted octanol–water partition coefficient (Wildman–Crippen LogP) is 2.27. The number of hydrogen-bond acceptors (Lipinski definition) is 4. The first kappa shape index (κ1) is 10.2. The second-order valence-corrected chi connectivity index (χ2v) is 4.28. The van der Waals surface area contributed by atoms with Crippen LogP contribution < -0.4 is 5.73 Å². The van der Waals surface area contributed by atoms with Crippen LogP contribution in [0.5, 0.6) is 0 Å². The molecule has 3 aromatic rings. The van der Waals surface area contributed by atoms with Gasteiger partial charge in [-0.25, -0.2) is 9.97 Å². The number of para-hydroxylation sites is 1. The Labute approximate surface area is 98.5 Å². The number of fused-ring (bicyclic) bond motifs is 3. The topological polar surface area (TPSA) is 64.9 Å². The van der Waals surface area contributed by atoms with Crippen LogP contribution in [0.1, 0.15) is 12.6 Å². The molecule has 0 saturated carbocycles. The number of rotatable bonds is 2. The van der Waals surface area contributed by atoms with Crippen molar-refractivity contribution in [3.63, 3.8) is 0 Å². The smallest absolute Gasteiger partial charge is 0.175 e. The van der Waals surface area contributed by atoms with Gasteiger partial charge in [0.25, 0.3) is 0 Å². The Morgan fingerprint density at radius 2 is 2.12 bits per heavy atom. The molecule has 0 aliphatic heterocycles. The number of hydrogen-bond donors (Lipinski definition) is 1. The van der Waals surface area contributed by atoms with E-state index in [1.54, 1.807) is 6.33 Å². The molecule has 2 heterocycles. The number of nitrogens with zero attached hydrogens (tertiary/aromatic N) is 2. The maximum absolute atomic E-state index is 5.81. The molecule has 0 radical (unpaired) electrons. The Kier molecular flexibility index (Phi) is 2.30. The van der Waals surface area contributed by atoms with Crippen molar-refractivity contribution in [1.82, 2.24) is 9.97 Å². The fourth-order valence-corrected chi connectivity index (χ4v) is 2.02. The van der Waals surface area contributed by atoms with Crippen LogP contribution in [0.4, 0.5) is 0 Å². The molecule has 2 N–H and O–H groups in total. The van der Waals surface area contributed by atoms with Crippen LogP contribution in [0.25, 0.3) is 22.1 Å². The Morgan fingerprint density at radius 3 is 2.94 bits per heavy atom. The van der Waals surface area contributed by atoms with Gasteiger partial charge in [0.1, 0.15) is 17.4 Å². The lowest BCUT2D eigenvalue weighted by atomic mass is 10.1. The van der Waals surface area contributed by atoms with Gasteiger partial charge >= 0.3 is 0 Å². The van der Waals surface area contributed by atoms with Crippen LogP contribution in [0.15, 0.2) is 35.0 Å². The van der Waals surface area contributed by atoms with E-state index in [9.17, 15) is 0 Å². The molecular formula is C13H13N3O. The molecule has 1 atom stereocenters. The molecular weight excluding hydrogens is 214 g/mol. The minimum absolute atomic E-state index is 0.0568. The van der Waals surface area contributed by atoms with Crippen molar-refractivity contribution in [2.24, 2.45) is 5.73 Å². The largest absolute Gasteiger partial charge is 0.452 e. The van der Waals surface area contributed by atoms with Crippen molar-refractivity contribution in [3.05, 3.63) is 36.3 Å². The van der Waals surface area contributed by atoms with Gasteiger partial charge in [0, 0.05) is 17.8 Å². The molecule has 2 aromatic heterocycles. The van der Waals surface area contributed by atoms with Gasteiger partial charge in [-0.3, -0.25) is 0 Å². The molecule has 4 heteroatoms. The van der Waals surface area contributed by atoms with Crippen LogP contribution in [-0.2, 0) is 6.42 Å².